The number of aromatic nitrogens is 2. The third-order valence-electron chi connectivity index (χ3n) is 6.12. The Balaban J connectivity index is 1.49. The number of hydrogen-bond donors (Lipinski definition) is 3. The number of likely N-dealkylation sites (N-methyl/N-ethyl adjacent to an activating group) is 1. The van der Waals surface area contributed by atoms with Crippen molar-refractivity contribution in [2.24, 2.45) is 0 Å². The number of nitrogens with zero attached hydrogens (tertiary/aromatic N) is 2. The van der Waals surface area contributed by atoms with E-state index in [4.69, 9.17) is 0 Å². The van der Waals surface area contributed by atoms with Gasteiger partial charge in [0.25, 0.3) is 5.91 Å². The van der Waals surface area contributed by atoms with Crippen molar-refractivity contribution in [1.29, 1.82) is 0 Å². The normalized spacial score (nSPS) is 12.9. The van der Waals surface area contributed by atoms with Crippen LogP contribution in [0.5, 0.6) is 0 Å². The number of pyridine rings is 1. The smallest absolute Gasteiger partial charge is 0.257 e. The molecule has 37 heavy (non-hydrogen) atoms. The van der Waals surface area contributed by atoms with E-state index < -0.39 is 11.6 Å². The fraction of sp³-hybridized carbons (Fsp3) is 0.148. The number of carbonyl (C=O) groups excluding carboxylic acids is 2. The van der Waals surface area contributed by atoms with Crippen LogP contribution >= 0.6 is 0 Å². The minimum atomic E-state index is -0.678. The van der Waals surface area contributed by atoms with Crippen LogP contribution in [0.4, 0.5) is 30.4 Å². The van der Waals surface area contributed by atoms with Crippen molar-refractivity contribution in [2.75, 3.05) is 24.2 Å². The Labute approximate surface area is 210 Å². The Hall–Kier alpha value is -4.60. The third kappa shape index (κ3) is 5.04. The predicted molar refractivity (Wildman–Crippen MR) is 133 cm³/mol. The average Bonchev–Trinajstić information content (AvgIpc) is 3.24. The van der Waals surface area contributed by atoms with Crippen molar-refractivity contribution in [1.82, 2.24) is 14.9 Å². The molecule has 7 nitrogen and oxygen atoms in total. The van der Waals surface area contributed by atoms with Crippen molar-refractivity contribution >= 4 is 29.0 Å². The number of hydrogen-bond acceptors (Lipinski definition) is 4. The van der Waals surface area contributed by atoms with Gasteiger partial charge < -0.3 is 20.5 Å². The number of amides is 2. The lowest BCUT2D eigenvalue weighted by Gasteiger charge is -2.23. The summed E-state index contributed by atoms with van der Waals surface area (Å²) in [6.07, 6.45) is 2.06. The van der Waals surface area contributed by atoms with E-state index in [1.165, 1.54) is 30.5 Å². The minimum Gasteiger partial charge on any atom is -0.356 e. The zero-order valence-electron chi connectivity index (χ0n) is 19.7. The average molecular weight is 506 g/mol. The molecule has 2 amide bonds. The zero-order valence-corrected chi connectivity index (χ0v) is 19.7. The molecule has 2 aromatic heterocycles. The van der Waals surface area contributed by atoms with Gasteiger partial charge >= 0.3 is 0 Å². The van der Waals surface area contributed by atoms with Crippen molar-refractivity contribution in [3.63, 3.8) is 0 Å². The molecular formula is C27H22F3N5O2. The van der Waals surface area contributed by atoms with E-state index in [1.807, 2.05) is 0 Å². The molecule has 188 valence electrons. The van der Waals surface area contributed by atoms with Crippen LogP contribution in [0.1, 0.15) is 21.6 Å². The second-order valence-corrected chi connectivity index (χ2v) is 8.74. The molecule has 10 heteroatoms. The first-order valence-electron chi connectivity index (χ1n) is 11.5. The summed E-state index contributed by atoms with van der Waals surface area (Å²) in [6, 6.07) is 11.9. The molecule has 4 aromatic rings. The van der Waals surface area contributed by atoms with Gasteiger partial charge in [-0.25, -0.2) is 18.2 Å². The van der Waals surface area contributed by atoms with Gasteiger partial charge in [-0.1, -0.05) is 12.1 Å². The fourth-order valence-electron chi connectivity index (χ4n) is 4.25. The predicted octanol–water partition coefficient (Wildman–Crippen LogP) is 5.05. The molecule has 0 saturated heterocycles. The lowest BCUT2D eigenvalue weighted by molar-refractivity contribution is -0.115. The molecule has 0 fully saturated rings. The summed E-state index contributed by atoms with van der Waals surface area (Å²) >= 11 is 0. The zero-order chi connectivity index (χ0) is 26.1. The number of aromatic amines is 1. The van der Waals surface area contributed by atoms with Gasteiger partial charge in [0.2, 0.25) is 5.91 Å². The molecule has 2 aromatic carbocycles. The summed E-state index contributed by atoms with van der Waals surface area (Å²) in [5.74, 6) is -2.05. The van der Waals surface area contributed by atoms with Gasteiger partial charge in [0.1, 0.15) is 23.3 Å². The van der Waals surface area contributed by atoms with Crippen LogP contribution in [-0.4, -0.2) is 40.3 Å². The molecule has 5 rings (SSSR count). The van der Waals surface area contributed by atoms with E-state index in [9.17, 15) is 22.8 Å². The lowest BCUT2D eigenvalue weighted by atomic mass is 10.0. The van der Waals surface area contributed by atoms with Crippen molar-refractivity contribution in [3.8, 4) is 11.3 Å². The molecule has 0 aliphatic carbocycles. The fourth-order valence-corrected chi connectivity index (χ4v) is 4.25. The first kappa shape index (κ1) is 24.1. The maximum absolute atomic E-state index is 14.5. The standard InChI is InChI=1S/C27H22F3N5O2/c1-35-11-9-20-24(27(35)37)26(33-21-14-18(29)6-7-19(21)30)25(32-20)16-8-10-31-22(13-16)34-23(36)12-15-2-4-17(28)5-3-15/h2-8,10,13-14,32-33H,9,11-12H2,1H3,(H,31,34,36). The Kier molecular flexibility index (Phi) is 6.39. The third-order valence-corrected chi connectivity index (χ3v) is 6.12. The highest BCUT2D eigenvalue weighted by Crippen LogP contribution is 2.38. The quantitative estimate of drug-likeness (QED) is 0.342. The number of rotatable bonds is 6. The molecule has 0 saturated carbocycles. The highest BCUT2D eigenvalue weighted by atomic mass is 19.1. The van der Waals surface area contributed by atoms with Gasteiger partial charge in [-0.05, 0) is 42.0 Å². The van der Waals surface area contributed by atoms with E-state index >= 15 is 0 Å². The van der Waals surface area contributed by atoms with Crippen molar-refractivity contribution < 1.29 is 22.8 Å². The number of fused-ring (bicyclic) bond motifs is 1. The van der Waals surface area contributed by atoms with Crippen LogP contribution in [0.3, 0.4) is 0 Å². The topological polar surface area (TPSA) is 90.1 Å². The van der Waals surface area contributed by atoms with E-state index in [0.717, 1.165) is 18.2 Å². The highest BCUT2D eigenvalue weighted by Gasteiger charge is 2.30. The van der Waals surface area contributed by atoms with Crippen molar-refractivity contribution in [3.05, 3.63) is 95.1 Å². The maximum atomic E-state index is 14.5. The Morgan fingerprint density at radius 3 is 2.59 bits per heavy atom. The second-order valence-electron chi connectivity index (χ2n) is 8.74. The SMILES string of the molecule is CN1CCc2[nH]c(-c3ccnc(NC(=O)Cc4ccc(F)cc4)c3)c(Nc3cc(F)ccc3F)c2C1=O. The molecule has 0 unspecified atom stereocenters. The molecule has 1 aliphatic heterocycles. The largest absolute Gasteiger partial charge is 0.356 e. The summed E-state index contributed by atoms with van der Waals surface area (Å²) < 4.78 is 41.5. The van der Waals surface area contributed by atoms with E-state index in [-0.39, 0.29) is 35.6 Å². The summed E-state index contributed by atoms with van der Waals surface area (Å²) in [6.45, 7) is 0.501. The first-order chi connectivity index (χ1) is 17.8. The number of H-pyrrole nitrogens is 1. The highest BCUT2D eigenvalue weighted by molar-refractivity contribution is 6.06. The second kappa shape index (κ2) is 9.81. The lowest BCUT2D eigenvalue weighted by Crippen LogP contribution is -2.34. The maximum Gasteiger partial charge on any atom is 0.257 e. The number of carbonyl (C=O) groups is 2. The summed E-state index contributed by atoms with van der Waals surface area (Å²) in [5, 5.41) is 5.62. The van der Waals surface area contributed by atoms with Crippen LogP contribution in [0.15, 0.2) is 60.8 Å². The van der Waals surface area contributed by atoms with E-state index in [0.29, 0.717) is 46.7 Å². The van der Waals surface area contributed by atoms with Gasteiger partial charge in [0.05, 0.1) is 29.1 Å². The monoisotopic (exact) mass is 505 g/mol. The van der Waals surface area contributed by atoms with Crippen molar-refractivity contribution in [2.45, 2.75) is 12.8 Å². The molecule has 0 radical (unpaired) electrons. The van der Waals surface area contributed by atoms with Gasteiger partial charge in [-0.3, -0.25) is 9.59 Å². The van der Waals surface area contributed by atoms with Crippen LogP contribution < -0.4 is 10.6 Å². The molecule has 3 heterocycles. The Bertz CT molecular complexity index is 1500. The summed E-state index contributed by atoms with van der Waals surface area (Å²) in [4.78, 5) is 34.6. The number of benzene rings is 2. The van der Waals surface area contributed by atoms with Crippen LogP contribution in [0, 0.1) is 17.5 Å². The first-order valence-corrected chi connectivity index (χ1v) is 11.5. The van der Waals surface area contributed by atoms with Crippen LogP contribution in [-0.2, 0) is 17.6 Å². The molecule has 3 N–H and O–H groups in total. The molecule has 1 aliphatic rings. The van der Waals surface area contributed by atoms with Gasteiger partial charge in [-0.15, -0.1) is 0 Å². The Morgan fingerprint density at radius 1 is 1.05 bits per heavy atom. The summed E-state index contributed by atoms with van der Waals surface area (Å²) in [5.41, 5.74) is 2.85. The number of anilines is 3. The molecule has 0 spiro atoms. The van der Waals surface area contributed by atoms with Crippen LogP contribution in [0.25, 0.3) is 11.3 Å². The molecule has 0 bridgehead atoms. The van der Waals surface area contributed by atoms with Gasteiger partial charge in [-0.2, -0.15) is 0 Å². The van der Waals surface area contributed by atoms with Gasteiger partial charge in [0.15, 0.2) is 0 Å². The number of halogens is 3. The number of nitrogens with one attached hydrogen (secondary N) is 3. The van der Waals surface area contributed by atoms with E-state index in [2.05, 4.69) is 20.6 Å². The Morgan fingerprint density at radius 2 is 1.81 bits per heavy atom. The van der Waals surface area contributed by atoms with E-state index in [1.54, 1.807) is 24.1 Å². The van der Waals surface area contributed by atoms with Gasteiger partial charge in [0, 0.05) is 43.5 Å². The summed E-state index contributed by atoms with van der Waals surface area (Å²) in [7, 11) is 1.67. The van der Waals surface area contributed by atoms with Crippen LogP contribution in [0.2, 0.25) is 0 Å². The molecule has 0 atom stereocenters. The molecular weight excluding hydrogens is 483 g/mol. The minimum absolute atomic E-state index is 0.0233.